The number of amides is 2. The van der Waals surface area contributed by atoms with Gasteiger partial charge in [0.2, 0.25) is 0 Å². The number of benzene rings is 1. The van der Waals surface area contributed by atoms with Crippen LogP contribution in [-0.4, -0.2) is 35.2 Å². The quantitative estimate of drug-likeness (QED) is 0.877. The molecule has 0 bridgehead atoms. The molecule has 1 aromatic carbocycles. The summed E-state index contributed by atoms with van der Waals surface area (Å²) in [6.45, 7) is 4.94. The van der Waals surface area contributed by atoms with Gasteiger partial charge in [-0.1, -0.05) is 6.07 Å². The van der Waals surface area contributed by atoms with Gasteiger partial charge in [0.25, 0.3) is 0 Å². The minimum atomic E-state index is -0.399. The molecule has 0 aliphatic carbocycles. The number of piperidine rings is 1. The number of anilines is 1. The molecule has 2 amide bonds. The van der Waals surface area contributed by atoms with Crippen molar-refractivity contribution in [3.8, 4) is 6.07 Å². The molecule has 0 aromatic heterocycles. The van der Waals surface area contributed by atoms with Crippen LogP contribution < -0.4 is 5.32 Å². The molecule has 2 atom stereocenters. The van der Waals surface area contributed by atoms with Crippen LogP contribution >= 0.6 is 0 Å². The standard InChI is InChI=1S/C16H21N3O2/c1-11-5-6-13(9-17)8-15(11)18-16(21)19-7-3-4-14(10-19)12(2)20/h5-6,8,12,14,20H,3-4,7,10H2,1-2H3,(H,18,21). The molecule has 1 aliphatic heterocycles. The Morgan fingerprint density at radius 1 is 1.57 bits per heavy atom. The Hall–Kier alpha value is -2.06. The lowest BCUT2D eigenvalue weighted by molar-refractivity contribution is 0.0766. The summed E-state index contributed by atoms with van der Waals surface area (Å²) in [5, 5.41) is 21.5. The lowest BCUT2D eigenvalue weighted by atomic mass is 9.94. The normalized spacial score (nSPS) is 19.7. The van der Waals surface area contributed by atoms with Crippen molar-refractivity contribution in [2.75, 3.05) is 18.4 Å². The molecule has 1 heterocycles. The van der Waals surface area contributed by atoms with Gasteiger partial charge in [0.15, 0.2) is 0 Å². The lowest BCUT2D eigenvalue weighted by Crippen LogP contribution is -2.44. The number of aryl methyl sites for hydroxylation is 1. The lowest BCUT2D eigenvalue weighted by Gasteiger charge is -2.34. The summed E-state index contributed by atoms with van der Waals surface area (Å²) in [5.41, 5.74) is 2.11. The molecule has 1 aromatic rings. The number of carbonyl (C=O) groups excluding carboxylic acids is 1. The molecule has 1 fully saturated rings. The number of nitriles is 1. The number of aliphatic hydroxyl groups excluding tert-OH is 1. The number of rotatable bonds is 2. The number of urea groups is 1. The monoisotopic (exact) mass is 287 g/mol. The maximum absolute atomic E-state index is 12.3. The van der Waals surface area contributed by atoms with Crippen molar-refractivity contribution >= 4 is 11.7 Å². The van der Waals surface area contributed by atoms with Crippen LogP contribution in [0.2, 0.25) is 0 Å². The number of aliphatic hydroxyl groups is 1. The van der Waals surface area contributed by atoms with Crippen molar-refractivity contribution in [2.24, 2.45) is 5.92 Å². The molecule has 2 unspecified atom stereocenters. The van der Waals surface area contributed by atoms with Gasteiger partial charge in [-0.2, -0.15) is 5.26 Å². The van der Waals surface area contributed by atoms with Gasteiger partial charge in [-0.05, 0) is 44.4 Å². The fourth-order valence-corrected chi connectivity index (χ4v) is 2.61. The van der Waals surface area contributed by atoms with Crippen LogP contribution in [0.3, 0.4) is 0 Å². The first-order valence-corrected chi connectivity index (χ1v) is 7.26. The van der Waals surface area contributed by atoms with Crippen LogP contribution in [0.25, 0.3) is 0 Å². The first-order valence-electron chi connectivity index (χ1n) is 7.26. The Morgan fingerprint density at radius 3 is 3.00 bits per heavy atom. The molecule has 2 N–H and O–H groups in total. The minimum Gasteiger partial charge on any atom is -0.393 e. The van der Waals surface area contributed by atoms with Gasteiger partial charge in [-0.25, -0.2) is 4.79 Å². The molecule has 5 heteroatoms. The minimum absolute atomic E-state index is 0.135. The topological polar surface area (TPSA) is 76.4 Å². The van der Waals surface area contributed by atoms with E-state index in [1.807, 2.05) is 13.0 Å². The molecule has 5 nitrogen and oxygen atoms in total. The second-order valence-electron chi connectivity index (χ2n) is 5.66. The van der Waals surface area contributed by atoms with E-state index in [1.54, 1.807) is 24.0 Å². The number of nitrogens with zero attached hydrogens (tertiary/aromatic N) is 2. The van der Waals surface area contributed by atoms with E-state index in [9.17, 15) is 9.90 Å². The highest BCUT2D eigenvalue weighted by Gasteiger charge is 2.26. The average Bonchev–Trinajstić information content (AvgIpc) is 2.49. The predicted molar refractivity (Wildman–Crippen MR) is 80.9 cm³/mol. The van der Waals surface area contributed by atoms with Crippen LogP contribution in [0.1, 0.15) is 30.9 Å². The summed E-state index contributed by atoms with van der Waals surface area (Å²) in [6, 6.07) is 7.14. The smallest absolute Gasteiger partial charge is 0.321 e. The molecule has 0 spiro atoms. The summed E-state index contributed by atoms with van der Waals surface area (Å²) in [5.74, 6) is 0.135. The maximum atomic E-state index is 12.3. The van der Waals surface area contributed by atoms with Crippen molar-refractivity contribution in [2.45, 2.75) is 32.8 Å². The first kappa shape index (κ1) is 15.3. The van der Waals surface area contributed by atoms with Crippen LogP contribution in [0.4, 0.5) is 10.5 Å². The molecule has 21 heavy (non-hydrogen) atoms. The summed E-state index contributed by atoms with van der Waals surface area (Å²) in [7, 11) is 0. The summed E-state index contributed by atoms with van der Waals surface area (Å²) in [6.07, 6.45) is 1.45. The number of nitrogens with one attached hydrogen (secondary N) is 1. The Morgan fingerprint density at radius 2 is 2.33 bits per heavy atom. The van der Waals surface area contributed by atoms with E-state index in [0.717, 1.165) is 18.4 Å². The SMILES string of the molecule is Cc1ccc(C#N)cc1NC(=O)N1CCCC(C(C)O)C1. The van der Waals surface area contributed by atoms with Crippen molar-refractivity contribution in [3.63, 3.8) is 0 Å². The average molecular weight is 287 g/mol. The molecule has 1 saturated heterocycles. The van der Waals surface area contributed by atoms with Gasteiger partial charge in [0.1, 0.15) is 0 Å². The number of carbonyl (C=O) groups is 1. The molecule has 0 radical (unpaired) electrons. The molecule has 2 rings (SSSR count). The summed E-state index contributed by atoms with van der Waals surface area (Å²) < 4.78 is 0. The van der Waals surface area contributed by atoms with Crippen LogP contribution in [-0.2, 0) is 0 Å². The van der Waals surface area contributed by atoms with Crippen molar-refractivity contribution in [1.29, 1.82) is 5.26 Å². The van der Waals surface area contributed by atoms with Crippen LogP contribution in [0.5, 0.6) is 0 Å². The summed E-state index contributed by atoms with van der Waals surface area (Å²) >= 11 is 0. The third-order valence-electron chi connectivity index (χ3n) is 4.04. The van der Waals surface area contributed by atoms with Gasteiger partial charge in [0, 0.05) is 24.7 Å². The van der Waals surface area contributed by atoms with Crippen LogP contribution in [0.15, 0.2) is 18.2 Å². The molecular weight excluding hydrogens is 266 g/mol. The van der Waals surface area contributed by atoms with Crippen molar-refractivity contribution in [1.82, 2.24) is 4.90 Å². The van der Waals surface area contributed by atoms with E-state index in [0.29, 0.717) is 24.3 Å². The largest absolute Gasteiger partial charge is 0.393 e. The molecule has 1 aliphatic rings. The summed E-state index contributed by atoms with van der Waals surface area (Å²) in [4.78, 5) is 14.1. The van der Waals surface area contributed by atoms with E-state index in [-0.39, 0.29) is 11.9 Å². The fraction of sp³-hybridized carbons (Fsp3) is 0.500. The number of likely N-dealkylation sites (tertiary alicyclic amines) is 1. The van der Waals surface area contributed by atoms with Gasteiger partial charge in [-0.15, -0.1) is 0 Å². The molecular formula is C16H21N3O2. The second kappa shape index (κ2) is 6.59. The Labute approximate surface area is 125 Å². The van der Waals surface area contributed by atoms with Gasteiger partial charge < -0.3 is 15.3 Å². The highest BCUT2D eigenvalue weighted by molar-refractivity contribution is 5.90. The third kappa shape index (κ3) is 3.73. The van der Waals surface area contributed by atoms with Gasteiger partial charge in [-0.3, -0.25) is 0 Å². The Kier molecular flexibility index (Phi) is 4.81. The highest BCUT2D eigenvalue weighted by Crippen LogP contribution is 2.22. The predicted octanol–water partition coefficient (Wildman–Crippen LogP) is 2.49. The first-order chi connectivity index (χ1) is 10.0. The van der Waals surface area contributed by atoms with E-state index < -0.39 is 6.10 Å². The van der Waals surface area contributed by atoms with E-state index in [2.05, 4.69) is 11.4 Å². The third-order valence-corrected chi connectivity index (χ3v) is 4.04. The molecule has 112 valence electrons. The Bertz CT molecular complexity index is 563. The zero-order chi connectivity index (χ0) is 15.4. The van der Waals surface area contributed by atoms with Gasteiger partial charge >= 0.3 is 6.03 Å². The zero-order valence-corrected chi connectivity index (χ0v) is 12.5. The number of hydrogen-bond acceptors (Lipinski definition) is 3. The van der Waals surface area contributed by atoms with Gasteiger partial charge in [0.05, 0.1) is 17.7 Å². The fourth-order valence-electron chi connectivity index (χ4n) is 2.61. The Balaban J connectivity index is 2.06. The van der Waals surface area contributed by atoms with E-state index in [4.69, 9.17) is 5.26 Å². The second-order valence-corrected chi connectivity index (χ2v) is 5.66. The highest BCUT2D eigenvalue weighted by atomic mass is 16.3. The zero-order valence-electron chi connectivity index (χ0n) is 12.5. The molecule has 0 saturated carbocycles. The van der Waals surface area contributed by atoms with Crippen LogP contribution in [0, 0.1) is 24.2 Å². The van der Waals surface area contributed by atoms with E-state index >= 15 is 0 Å². The van der Waals surface area contributed by atoms with E-state index in [1.165, 1.54) is 0 Å². The van der Waals surface area contributed by atoms with Crippen molar-refractivity contribution in [3.05, 3.63) is 29.3 Å². The number of hydrogen-bond donors (Lipinski definition) is 2. The maximum Gasteiger partial charge on any atom is 0.321 e. The van der Waals surface area contributed by atoms with Crippen molar-refractivity contribution < 1.29 is 9.90 Å².